The summed E-state index contributed by atoms with van der Waals surface area (Å²) < 4.78 is 33.1. The van der Waals surface area contributed by atoms with E-state index in [2.05, 4.69) is 0 Å². The second-order valence-corrected chi connectivity index (χ2v) is 9.61. The highest BCUT2D eigenvalue weighted by molar-refractivity contribution is 7.89. The first-order valence-corrected chi connectivity index (χ1v) is 11.2. The van der Waals surface area contributed by atoms with Crippen molar-refractivity contribution in [1.82, 2.24) is 9.21 Å². The van der Waals surface area contributed by atoms with Crippen molar-refractivity contribution in [2.24, 2.45) is 5.92 Å². The lowest BCUT2D eigenvalue weighted by Gasteiger charge is -2.27. The van der Waals surface area contributed by atoms with E-state index >= 15 is 0 Å². The minimum absolute atomic E-state index is 0.0354. The molecule has 2 atom stereocenters. The topological polar surface area (TPSA) is 66.9 Å². The maximum atomic E-state index is 13.2. The summed E-state index contributed by atoms with van der Waals surface area (Å²) in [7, 11) is -0.316. The van der Waals surface area contributed by atoms with Crippen molar-refractivity contribution in [1.29, 1.82) is 0 Å². The molecule has 1 amide bonds. The highest BCUT2D eigenvalue weighted by Crippen LogP contribution is 2.38. The molecule has 0 aromatic heterocycles. The second-order valence-electron chi connectivity index (χ2n) is 7.67. The van der Waals surface area contributed by atoms with Gasteiger partial charge >= 0.3 is 0 Å². The van der Waals surface area contributed by atoms with Crippen LogP contribution in [0.3, 0.4) is 0 Å². The Labute approximate surface area is 173 Å². The number of amides is 1. The van der Waals surface area contributed by atoms with E-state index in [9.17, 15) is 13.2 Å². The number of hydrogen-bond donors (Lipinski definition) is 0. The molecule has 1 saturated heterocycles. The lowest BCUT2D eigenvalue weighted by atomic mass is 9.87. The molecule has 2 aromatic rings. The van der Waals surface area contributed by atoms with Crippen LogP contribution in [0.25, 0.3) is 0 Å². The van der Waals surface area contributed by atoms with Gasteiger partial charge in [-0.05, 0) is 43.7 Å². The summed E-state index contributed by atoms with van der Waals surface area (Å²) in [5, 5.41) is 0. The molecule has 3 rings (SSSR count). The Hall–Kier alpha value is -2.38. The number of rotatable bonds is 6. The van der Waals surface area contributed by atoms with E-state index in [4.69, 9.17) is 4.74 Å². The molecular formula is C22H28N2O4S. The van der Waals surface area contributed by atoms with Crippen LogP contribution in [0.4, 0.5) is 0 Å². The number of methoxy groups -OCH3 is 1. The minimum atomic E-state index is -3.68. The highest BCUT2D eigenvalue weighted by atomic mass is 32.2. The molecule has 0 spiro atoms. The van der Waals surface area contributed by atoms with Gasteiger partial charge in [-0.2, -0.15) is 4.31 Å². The monoisotopic (exact) mass is 416 g/mol. The third kappa shape index (κ3) is 4.31. The van der Waals surface area contributed by atoms with Gasteiger partial charge in [0.15, 0.2) is 0 Å². The number of nitrogens with zero attached hydrogens (tertiary/aromatic N) is 2. The number of sulfonamides is 1. The molecule has 0 saturated carbocycles. The fourth-order valence-corrected chi connectivity index (χ4v) is 5.19. The van der Waals surface area contributed by atoms with Crippen LogP contribution in [-0.4, -0.2) is 56.8 Å². The first-order chi connectivity index (χ1) is 13.8. The fourth-order valence-electron chi connectivity index (χ4n) is 3.68. The molecule has 156 valence electrons. The summed E-state index contributed by atoms with van der Waals surface area (Å²) in [6.07, 6.45) is 0. The van der Waals surface area contributed by atoms with Crippen LogP contribution in [0.15, 0.2) is 59.5 Å². The second kappa shape index (κ2) is 8.55. The first-order valence-electron chi connectivity index (χ1n) is 9.71. The Kier molecular flexibility index (Phi) is 6.29. The summed E-state index contributed by atoms with van der Waals surface area (Å²) in [4.78, 5) is 15.1. The molecule has 0 bridgehead atoms. The molecule has 6 nitrogen and oxygen atoms in total. The smallest absolute Gasteiger partial charge is 0.243 e. The summed E-state index contributed by atoms with van der Waals surface area (Å²) in [6.45, 7) is 4.32. The first kappa shape index (κ1) is 21.3. The van der Waals surface area contributed by atoms with Gasteiger partial charge in [-0.3, -0.25) is 4.79 Å². The van der Waals surface area contributed by atoms with Crippen molar-refractivity contribution in [3.63, 3.8) is 0 Å². The molecule has 0 N–H and O–H groups in total. The van der Waals surface area contributed by atoms with E-state index in [1.165, 1.54) is 4.31 Å². The van der Waals surface area contributed by atoms with Crippen LogP contribution in [-0.2, 0) is 14.8 Å². The molecular weight excluding hydrogens is 388 g/mol. The molecule has 0 radical (unpaired) electrons. The number of hydrogen-bond acceptors (Lipinski definition) is 4. The van der Waals surface area contributed by atoms with E-state index < -0.39 is 15.9 Å². The van der Waals surface area contributed by atoms with Gasteiger partial charge in [-0.1, -0.05) is 30.3 Å². The Morgan fingerprint density at radius 3 is 2.41 bits per heavy atom. The molecule has 0 aliphatic carbocycles. The molecule has 1 fully saturated rings. The van der Waals surface area contributed by atoms with Crippen LogP contribution in [0.5, 0.6) is 5.75 Å². The number of carbonyl (C=O) groups is 1. The largest absolute Gasteiger partial charge is 0.497 e. The standard InChI is InChI=1S/C22H28N2O4S/c1-16(2)23(3)22(25)21-15-24(29(26,27)19-11-6-5-7-12-19)14-20(21)17-9-8-10-18(13-17)28-4/h5-13,16,20-21H,14-15H2,1-4H3/t20-,21-/m0/s1. The van der Waals surface area contributed by atoms with Crippen molar-refractivity contribution >= 4 is 15.9 Å². The Bertz CT molecular complexity index is 960. The quantitative estimate of drug-likeness (QED) is 0.726. The predicted molar refractivity (Wildman–Crippen MR) is 112 cm³/mol. The van der Waals surface area contributed by atoms with Crippen LogP contribution < -0.4 is 4.74 Å². The van der Waals surface area contributed by atoms with Gasteiger partial charge in [-0.15, -0.1) is 0 Å². The maximum Gasteiger partial charge on any atom is 0.243 e. The Morgan fingerprint density at radius 2 is 1.79 bits per heavy atom. The van der Waals surface area contributed by atoms with Gasteiger partial charge < -0.3 is 9.64 Å². The van der Waals surface area contributed by atoms with E-state index in [-0.39, 0.29) is 35.9 Å². The predicted octanol–water partition coefficient (Wildman–Crippen LogP) is 2.97. The van der Waals surface area contributed by atoms with E-state index in [0.717, 1.165) is 5.56 Å². The maximum absolute atomic E-state index is 13.2. The molecule has 29 heavy (non-hydrogen) atoms. The summed E-state index contributed by atoms with van der Waals surface area (Å²) in [5.74, 6) is -0.0425. The Balaban J connectivity index is 1.99. The van der Waals surface area contributed by atoms with Gasteiger partial charge in [0.1, 0.15) is 5.75 Å². The third-order valence-corrected chi connectivity index (χ3v) is 7.47. The SMILES string of the molecule is COc1cccc([C@@H]2CN(S(=O)(=O)c3ccccc3)C[C@@H]2C(=O)N(C)C(C)C)c1. The van der Waals surface area contributed by atoms with E-state index in [1.54, 1.807) is 49.4 Å². The van der Waals surface area contributed by atoms with Gasteiger partial charge in [-0.25, -0.2) is 8.42 Å². The zero-order valence-corrected chi connectivity index (χ0v) is 18.1. The molecule has 1 aliphatic rings. The van der Waals surface area contributed by atoms with Gasteiger partial charge in [0, 0.05) is 32.1 Å². The lowest BCUT2D eigenvalue weighted by Crippen LogP contribution is -2.40. The van der Waals surface area contributed by atoms with Crippen molar-refractivity contribution in [2.45, 2.75) is 30.7 Å². The molecule has 0 unspecified atom stereocenters. The van der Waals surface area contributed by atoms with Crippen molar-refractivity contribution < 1.29 is 17.9 Å². The zero-order chi connectivity index (χ0) is 21.2. The molecule has 2 aromatic carbocycles. The van der Waals surface area contributed by atoms with Crippen molar-refractivity contribution in [3.05, 3.63) is 60.2 Å². The van der Waals surface area contributed by atoms with E-state index in [0.29, 0.717) is 5.75 Å². The summed E-state index contributed by atoms with van der Waals surface area (Å²) >= 11 is 0. The number of ether oxygens (including phenoxy) is 1. The van der Waals surface area contributed by atoms with Crippen LogP contribution in [0, 0.1) is 5.92 Å². The summed E-state index contributed by atoms with van der Waals surface area (Å²) in [6, 6.07) is 15.9. The number of carbonyl (C=O) groups excluding carboxylic acids is 1. The van der Waals surface area contributed by atoms with Gasteiger partial charge in [0.2, 0.25) is 15.9 Å². The van der Waals surface area contributed by atoms with E-state index in [1.807, 2.05) is 38.1 Å². The van der Waals surface area contributed by atoms with Crippen LogP contribution >= 0.6 is 0 Å². The summed E-state index contributed by atoms with van der Waals surface area (Å²) in [5.41, 5.74) is 0.908. The lowest BCUT2D eigenvalue weighted by molar-refractivity contribution is -0.135. The molecule has 1 heterocycles. The molecule has 1 aliphatic heterocycles. The minimum Gasteiger partial charge on any atom is -0.497 e. The normalized spacial score (nSPS) is 20.0. The third-order valence-electron chi connectivity index (χ3n) is 5.63. The Morgan fingerprint density at radius 1 is 1.10 bits per heavy atom. The zero-order valence-electron chi connectivity index (χ0n) is 17.3. The van der Waals surface area contributed by atoms with Crippen LogP contribution in [0.1, 0.15) is 25.3 Å². The van der Waals surface area contributed by atoms with Gasteiger partial charge in [0.05, 0.1) is 17.9 Å². The average molecular weight is 417 g/mol. The van der Waals surface area contributed by atoms with Crippen molar-refractivity contribution in [3.8, 4) is 5.75 Å². The molecule has 7 heteroatoms. The average Bonchev–Trinajstić information content (AvgIpc) is 3.19. The van der Waals surface area contributed by atoms with Crippen LogP contribution in [0.2, 0.25) is 0 Å². The van der Waals surface area contributed by atoms with Gasteiger partial charge in [0.25, 0.3) is 0 Å². The van der Waals surface area contributed by atoms with Crippen molar-refractivity contribution in [2.75, 3.05) is 27.2 Å². The number of benzene rings is 2. The highest BCUT2D eigenvalue weighted by Gasteiger charge is 2.44. The fraction of sp³-hybridized carbons (Fsp3) is 0.409.